The van der Waals surface area contributed by atoms with E-state index in [0.29, 0.717) is 0 Å². The van der Waals surface area contributed by atoms with Gasteiger partial charge in [0.25, 0.3) is 0 Å². The van der Waals surface area contributed by atoms with Gasteiger partial charge in [-0.15, -0.1) is 0 Å². The van der Waals surface area contributed by atoms with Gasteiger partial charge in [-0.05, 0) is 67.3 Å². The molecule has 29 heavy (non-hydrogen) atoms. The van der Waals surface area contributed by atoms with E-state index in [2.05, 4.69) is 88.9 Å². The molecule has 2 aromatic carbocycles. The highest BCUT2D eigenvalue weighted by Crippen LogP contribution is 2.43. The van der Waals surface area contributed by atoms with Crippen LogP contribution >= 0.6 is 0 Å². The molecule has 1 saturated carbocycles. The van der Waals surface area contributed by atoms with Gasteiger partial charge in [-0.2, -0.15) is 0 Å². The molecule has 3 heterocycles. The first-order chi connectivity index (χ1) is 14.4. The van der Waals surface area contributed by atoms with E-state index in [0.717, 1.165) is 24.9 Å². The summed E-state index contributed by atoms with van der Waals surface area (Å²) in [5.74, 6) is 0.918. The molecule has 0 spiro atoms. The second-order valence-corrected chi connectivity index (χ2v) is 8.80. The number of benzene rings is 2. The van der Waals surface area contributed by atoms with Gasteiger partial charge in [-0.3, -0.25) is 4.98 Å². The van der Waals surface area contributed by atoms with Gasteiger partial charge in [-0.1, -0.05) is 66.7 Å². The van der Waals surface area contributed by atoms with E-state index >= 15 is 0 Å². The zero-order valence-electron chi connectivity index (χ0n) is 17.1. The van der Waals surface area contributed by atoms with Crippen LogP contribution in [0.1, 0.15) is 48.8 Å². The molecule has 0 amide bonds. The molecule has 0 radical (unpaired) electrons. The number of aromatic nitrogens is 1. The van der Waals surface area contributed by atoms with Gasteiger partial charge in [0.15, 0.2) is 0 Å². The van der Waals surface area contributed by atoms with Crippen LogP contribution in [0.25, 0.3) is 0 Å². The molecule has 148 valence electrons. The summed E-state index contributed by atoms with van der Waals surface area (Å²) >= 11 is 0. The Morgan fingerprint density at radius 3 is 1.90 bits per heavy atom. The number of hydrogen-bond acceptors (Lipinski definition) is 2. The summed E-state index contributed by atoms with van der Waals surface area (Å²) in [4.78, 5) is 7.31. The molecule has 2 aliphatic heterocycles. The van der Waals surface area contributed by atoms with Crippen LogP contribution in [0.2, 0.25) is 0 Å². The Kier molecular flexibility index (Phi) is 5.20. The van der Waals surface area contributed by atoms with Crippen LogP contribution in [0.5, 0.6) is 0 Å². The van der Waals surface area contributed by atoms with Gasteiger partial charge in [-0.25, -0.2) is 0 Å². The van der Waals surface area contributed by atoms with Crippen LogP contribution in [0.3, 0.4) is 0 Å². The summed E-state index contributed by atoms with van der Waals surface area (Å²) in [7, 11) is 0. The van der Waals surface area contributed by atoms with Crippen molar-refractivity contribution >= 4 is 0 Å². The fraction of sp³-hybridized carbons (Fsp3) is 0.370. The minimum atomic E-state index is -0.173. The lowest BCUT2D eigenvalue weighted by Crippen LogP contribution is -2.49. The van der Waals surface area contributed by atoms with Crippen molar-refractivity contribution in [3.63, 3.8) is 0 Å². The largest absolute Gasteiger partial charge is 0.300 e. The Morgan fingerprint density at radius 2 is 1.38 bits per heavy atom. The van der Waals surface area contributed by atoms with Crippen molar-refractivity contribution in [1.29, 1.82) is 0 Å². The van der Waals surface area contributed by atoms with E-state index in [1.807, 2.05) is 6.20 Å². The first-order valence-electron chi connectivity index (χ1n) is 11.1. The maximum absolute atomic E-state index is 4.52. The smallest absolute Gasteiger partial charge is 0.0478 e. The summed E-state index contributed by atoms with van der Waals surface area (Å²) in [6.07, 6.45) is 10.7. The van der Waals surface area contributed by atoms with Gasteiger partial charge in [0.1, 0.15) is 0 Å². The second kappa shape index (κ2) is 8.12. The Hall–Kier alpha value is -2.45. The standard InChI is InChI=1S/C27H30N2/c1-3-8-23(9-4-1)27(24-10-5-2-6-11-24,25-12-7-18-28-20-25)17-19-29-21-22-13-15-26(29)16-14-22/h1-12,18,20,22,26H,13-17,19,21H2. The molecule has 3 aliphatic rings. The predicted molar refractivity (Wildman–Crippen MR) is 119 cm³/mol. The highest BCUT2D eigenvalue weighted by Gasteiger charge is 2.39. The third-order valence-electron chi connectivity index (χ3n) is 7.29. The van der Waals surface area contributed by atoms with E-state index in [4.69, 9.17) is 0 Å². The Bertz CT molecular complexity index is 802. The van der Waals surface area contributed by atoms with Crippen molar-refractivity contribution in [2.75, 3.05) is 13.1 Å². The maximum atomic E-state index is 4.52. The average Bonchev–Trinajstić information content (AvgIpc) is 2.82. The molecule has 0 N–H and O–H groups in total. The number of fused-ring (bicyclic) bond motifs is 3. The average molecular weight is 383 g/mol. The fourth-order valence-corrected chi connectivity index (χ4v) is 5.75. The summed E-state index contributed by atoms with van der Waals surface area (Å²) in [6.45, 7) is 2.43. The molecular formula is C27H30N2. The third-order valence-corrected chi connectivity index (χ3v) is 7.29. The molecule has 1 aromatic heterocycles. The molecule has 3 aromatic rings. The summed E-state index contributed by atoms with van der Waals surface area (Å²) in [5, 5.41) is 0. The first-order valence-corrected chi connectivity index (χ1v) is 11.1. The summed E-state index contributed by atoms with van der Waals surface area (Å²) in [6, 6.07) is 27.2. The van der Waals surface area contributed by atoms with Gasteiger partial charge in [0.2, 0.25) is 0 Å². The minimum Gasteiger partial charge on any atom is -0.300 e. The van der Waals surface area contributed by atoms with Gasteiger partial charge < -0.3 is 4.90 Å². The van der Waals surface area contributed by atoms with Crippen molar-refractivity contribution in [2.45, 2.75) is 43.6 Å². The molecule has 0 unspecified atom stereocenters. The molecule has 1 aliphatic carbocycles. The molecule has 3 fully saturated rings. The molecule has 2 saturated heterocycles. The Balaban J connectivity index is 1.58. The molecule has 0 atom stereocenters. The van der Waals surface area contributed by atoms with E-state index in [9.17, 15) is 0 Å². The Morgan fingerprint density at radius 1 is 0.759 bits per heavy atom. The molecule has 6 rings (SSSR count). The SMILES string of the molecule is c1ccc(C(CCN2CC3CCC2CC3)(c2ccccc2)c2cccnc2)cc1. The van der Waals surface area contributed by atoms with Crippen LogP contribution < -0.4 is 0 Å². The molecule has 2 nitrogen and oxygen atoms in total. The van der Waals surface area contributed by atoms with Crippen LogP contribution in [-0.2, 0) is 5.41 Å². The van der Waals surface area contributed by atoms with Gasteiger partial charge in [0, 0.05) is 30.4 Å². The number of hydrogen-bond donors (Lipinski definition) is 0. The lowest BCUT2D eigenvalue weighted by atomic mass is 9.67. The topological polar surface area (TPSA) is 16.1 Å². The minimum absolute atomic E-state index is 0.173. The third kappa shape index (κ3) is 3.51. The van der Waals surface area contributed by atoms with E-state index in [-0.39, 0.29) is 5.41 Å². The highest BCUT2D eigenvalue weighted by atomic mass is 15.2. The van der Waals surface area contributed by atoms with Crippen LogP contribution in [0, 0.1) is 5.92 Å². The highest BCUT2D eigenvalue weighted by molar-refractivity contribution is 5.49. The van der Waals surface area contributed by atoms with Crippen molar-refractivity contribution in [2.24, 2.45) is 5.92 Å². The molecule has 2 bridgehead atoms. The predicted octanol–water partition coefficient (Wildman–Crippen LogP) is 5.68. The second-order valence-electron chi connectivity index (χ2n) is 8.80. The van der Waals surface area contributed by atoms with Crippen molar-refractivity contribution in [3.8, 4) is 0 Å². The van der Waals surface area contributed by atoms with E-state index < -0.39 is 0 Å². The number of piperidine rings is 2. The fourth-order valence-electron chi connectivity index (χ4n) is 5.75. The van der Waals surface area contributed by atoms with Crippen LogP contribution in [0.15, 0.2) is 85.2 Å². The zero-order chi connectivity index (χ0) is 19.5. The molecule has 2 heteroatoms. The van der Waals surface area contributed by atoms with Crippen LogP contribution in [-0.4, -0.2) is 29.0 Å². The maximum Gasteiger partial charge on any atom is 0.0478 e. The molecular weight excluding hydrogens is 352 g/mol. The lowest BCUT2D eigenvalue weighted by Gasteiger charge is -2.47. The van der Waals surface area contributed by atoms with Crippen molar-refractivity contribution in [1.82, 2.24) is 9.88 Å². The number of pyridine rings is 1. The first kappa shape index (κ1) is 18.6. The summed E-state index contributed by atoms with van der Waals surface area (Å²) < 4.78 is 0. The van der Waals surface area contributed by atoms with Gasteiger partial charge >= 0.3 is 0 Å². The number of nitrogens with zero attached hydrogens (tertiary/aromatic N) is 2. The van der Waals surface area contributed by atoms with E-state index in [1.54, 1.807) is 0 Å². The quantitative estimate of drug-likeness (QED) is 0.545. The lowest BCUT2D eigenvalue weighted by molar-refractivity contribution is 0.0453. The monoisotopic (exact) mass is 382 g/mol. The van der Waals surface area contributed by atoms with Crippen molar-refractivity contribution < 1.29 is 0 Å². The zero-order valence-corrected chi connectivity index (χ0v) is 17.1. The van der Waals surface area contributed by atoms with Gasteiger partial charge in [0.05, 0.1) is 0 Å². The summed E-state index contributed by atoms with van der Waals surface area (Å²) in [5.41, 5.74) is 3.84. The van der Waals surface area contributed by atoms with E-state index in [1.165, 1.54) is 48.9 Å². The number of rotatable bonds is 6. The van der Waals surface area contributed by atoms with Crippen LogP contribution in [0.4, 0.5) is 0 Å². The van der Waals surface area contributed by atoms with Crippen molar-refractivity contribution in [3.05, 3.63) is 102 Å². The normalized spacial score (nSPS) is 21.9. The Labute approximate surface area is 174 Å².